The molecular formula is C11H18N2OS. The Kier molecular flexibility index (Phi) is 3.85. The monoisotopic (exact) mass is 226 g/mol. The molecule has 1 aromatic heterocycles. The molecular weight excluding hydrogens is 208 g/mol. The Hall–Kier alpha value is -0.900. The van der Waals surface area contributed by atoms with Crippen LogP contribution < -0.4 is 5.73 Å². The van der Waals surface area contributed by atoms with Gasteiger partial charge < -0.3 is 5.73 Å². The molecule has 0 spiro atoms. The number of rotatable bonds is 4. The van der Waals surface area contributed by atoms with Gasteiger partial charge in [0.15, 0.2) is 5.13 Å². The third-order valence-electron chi connectivity index (χ3n) is 2.10. The van der Waals surface area contributed by atoms with Crippen LogP contribution in [0.4, 0.5) is 5.13 Å². The first-order valence-electron chi connectivity index (χ1n) is 5.08. The summed E-state index contributed by atoms with van der Waals surface area (Å²) in [5, 5.41) is 2.39. The highest BCUT2D eigenvalue weighted by atomic mass is 32.1. The number of thiazole rings is 1. The van der Waals surface area contributed by atoms with E-state index >= 15 is 0 Å². The minimum Gasteiger partial charge on any atom is -0.375 e. The highest BCUT2D eigenvalue weighted by Gasteiger charge is 2.13. The maximum absolute atomic E-state index is 11.6. The number of carbonyl (C=O) groups is 1. The Morgan fingerprint density at radius 3 is 2.67 bits per heavy atom. The van der Waals surface area contributed by atoms with Gasteiger partial charge in [-0.05, 0) is 11.8 Å². The van der Waals surface area contributed by atoms with E-state index in [2.05, 4.69) is 25.8 Å². The van der Waals surface area contributed by atoms with E-state index in [4.69, 9.17) is 5.73 Å². The zero-order chi connectivity index (χ0) is 11.5. The van der Waals surface area contributed by atoms with E-state index in [-0.39, 0.29) is 11.2 Å². The number of hydrogen-bond acceptors (Lipinski definition) is 4. The molecule has 3 nitrogen and oxygen atoms in total. The Morgan fingerprint density at radius 2 is 2.20 bits per heavy atom. The molecule has 0 amide bonds. The Balaban J connectivity index is 2.37. The minimum atomic E-state index is 0.219. The van der Waals surface area contributed by atoms with Crippen molar-refractivity contribution in [2.75, 3.05) is 5.73 Å². The number of nitrogen functional groups attached to an aromatic ring is 1. The summed E-state index contributed by atoms with van der Waals surface area (Å²) in [5.41, 5.74) is 6.51. The van der Waals surface area contributed by atoms with Crippen LogP contribution in [0.5, 0.6) is 0 Å². The Labute approximate surface area is 94.7 Å². The fourth-order valence-corrected chi connectivity index (χ4v) is 1.77. The van der Waals surface area contributed by atoms with E-state index in [1.807, 2.05) is 5.38 Å². The quantitative estimate of drug-likeness (QED) is 0.858. The van der Waals surface area contributed by atoms with E-state index in [9.17, 15) is 4.79 Å². The Bertz CT molecular complexity index is 339. The number of ketones is 1. The molecule has 0 unspecified atom stereocenters. The summed E-state index contributed by atoms with van der Waals surface area (Å²) in [6.45, 7) is 6.42. The summed E-state index contributed by atoms with van der Waals surface area (Å²) in [4.78, 5) is 15.7. The van der Waals surface area contributed by atoms with E-state index in [0.29, 0.717) is 18.0 Å². The van der Waals surface area contributed by atoms with Crippen LogP contribution in [0.2, 0.25) is 0 Å². The van der Waals surface area contributed by atoms with Crippen molar-refractivity contribution in [2.45, 2.75) is 40.0 Å². The van der Waals surface area contributed by atoms with Gasteiger partial charge in [0.25, 0.3) is 0 Å². The fourth-order valence-electron chi connectivity index (χ4n) is 1.21. The topological polar surface area (TPSA) is 56.0 Å². The molecule has 0 bridgehead atoms. The van der Waals surface area contributed by atoms with Crippen LogP contribution in [-0.2, 0) is 11.2 Å². The second-order valence-electron chi connectivity index (χ2n) is 4.95. The molecule has 84 valence electrons. The summed E-state index contributed by atoms with van der Waals surface area (Å²) in [6.07, 6.45) is 1.97. The maximum atomic E-state index is 11.6. The van der Waals surface area contributed by atoms with Gasteiger partial charge in [0, 0.05) is 18.2 Å². The zero-order valence-electron chi connectivity index (χ0n) is 9.54. The number of Topliss-reactive ketones (excluding diaryl/α,β-unsaturated/α-hetero) is 1. The highest BCUT2D eigenvalue weighted by Crippen LogP contribution is 2.21. The first kappa shape index (κ1) is 12.2. The zero-order valence-corrected chi connectivity index (χ0v) is 10.4. The predicted molar refractivity (Wildman–Crippen MR) is 63.9 cm³/mol. The van der Waals surface area contributed by atoms with Gasteiger partial charge in [0.1, 0.15) is 5.78 Å². The molecule has 0 aliphatic carbocycles. The summed E-state index contributed by atoms with van der Waals surface area (Å²) < 4.78 is 0. The van der Waals surface area contributed by atoms with Crippen molar-refractivity contribution < 1.29 is 4.79 Å². The number of aromatic nitrogens is 1. The second kappa shape index (κ2) is 4.75. The number of nitrogens with two attached hydrogens (primary N) is 1. The SMILES string of the molecule is CC(C)(C)CCC(=O)Cc1csc(N)n1. The molecule has 1 rings (SSSR count). The molecule has 0 aromatic carbocycles. The van der Waals surface area contributed by atoms with Crippen molar-refractivity contribution in [1.29, 1.82) is 0 Å². The fraction of sp³-hybridized carbons (Fsp3) is 0.636. The van der Waals surface area contributed by atoms with Crippen molar-refractivity contribution in [2.24, 2.45) is 5.41 Å². The van der Waals surface area contributed by atoms with Crippen LogP contribution in [0.15, 0.2) is 5.38 Å². The van der Waals surface area contributed by atoms with Gasteiger partial charge in [0.05, 0.1) is 5.69 Å². The smallest absolute Gasteiger partial charge is 0.180 e. The van der Waals surface area contributed by atoms with Crippen molar-refractivity contribution in [3.63, 3.8) is 0 Å². The lowest BCUT2D eigenvalue weighted by atomic mass is 9.89. The third-order valence-corrected chi connectivity index (χ3v) is 2.82. The first-order chi connectivity index (χ1) is 6.87. The molecule has 4 heteroatoms. The lowest BCUT2D eigenvalue weighted by Crippen LogP contribution is -2.10. The average molecular weight is 226 g/mol. The normalized spacial score (nSPS) is 11.7. The second-order valence-corrected chi connectivity index (χ2v) is 5.84. The van der Waals surface area contributed by atoms with Gasteiger partial charge in [-0.1, -0.05) is 20.8 Å². The van der Waals surface area contributed by atoms with E-state index in [0.717, 1.165) is 12.1 Å². The number of carbonyl (C=O) groups excluding carboxylic acids is 1. The largest absolute Gasteiger partial charge is 0.375 e. The molecule has 0 radical (unpaired) electrons. The summed E-state index contributed by atoms with van der Waals surface area (Å²) >= 11 is 1.38. The van der Waals surface area contributed by atoms with Crippen molar-refractivity contribution in [3.8, 4) is 0 Å². The van der Waals surface area contributed by atoms with Crippen LogP contribution in [0.3, 0.4) is 0 Å². The number of anilines is 1. The van der Waals surface area contributed by atoms with Crippen LogP contribution in [0, 0.1) is 5.41 Å². The summed E-state index contributed by atoms with van der Waals surface area (Å²) in [5.74, 6) is 0.246. The molecule has 2 N–H and O–H groups in total. The van der Waals surface area contributed by atoms with Gasteiger partial charge in [-0.25, -0.2) is 4.98 Å². The van der Waals surface area contributed by atoms with E-state index in [1.54, 1.807) is 0 Å². The van der Waals surface area contributed by atoms with Gasteiger partial charge >= 0.3 is 0 Å². The predicted octanol–water partition coefficient (Wildman–Crippen LogP) is 2.66. The molecule has 0 saturated heterocycles. The van der Waals surface area contributed by atoms with Crippen molar-refractivity contribution >= 4 is 22.3 Å². The number of nitrogens with zero attached hydrogens (tertiary/aromatic N) is 1. The molecule has 0 saturated carbocycles. The van der Waals surface area contributed by atoms with Crippen molar-refractivity contribution in [1.82, 2.24) is 4.98 Å². The maximum Gasteiger partial charge on any atom is 0.180 e. The number of hydrogen-bond donors (Lipinski definition) is 1. The van der Waals surface area contributed by atoms with Gasteiger partial charge in [-0.15, -0.1) is 11.3 Å². The lowest BCUT2D eigenvalue weighted by Gasteiger charge is -2.16. The van der Waals surface area contributed by atoms with Crippen LogP contribution in [-0.4, -0.2) is 10.8 Å². The molecule has 0 aliphatic rings. The molecule has 0 atom stereocenters. The molecule has 1 aromatic rings. The van der Waals surface area contributed by atoms with E-state index < -0.39 is 0 Å². The van der Waals surface area contributed by atoms with Gasteiger partial charge in [0.2, 0.25) is 0 Å². The minimum absolute atomic E-state index is 0.219. The molecule has 0 aliphatic heterocycles. The van der Waals surface area contributed by atoms with Gasteiger partial charge in [-0.3, -0.25) is 4.79 Å². The Morgan fingerprint density at radius 1 is 1.53 bits per heavy atom. The van der Waals surface area contributed by atoms with Crippen LogP contribution in [0.25, 0.3) is 0 Å². The summed E-state index contributed by atoms with van der Waals surface area (Å²) in [7, 11) is 0. The standard InChI is InChI=1S/C11H18N2OS/c1-11(2,3)5-4-9(14)6-8-7-15-10(12)13-8/h7H,4-6H2,1-3H3,(H2,12,13). The van der Waals surface area contributed by atoms with Crippen LogP contribution >= 0.6 is 11.3 Å². The van der Waals surface area contributed by atoms with E-state index in [1.165, 1.54) is 11.3 Å². The summed E-state index contributed by atoms with van der Waals surface area (Å²) in [6, 6.07) is 0. The lowest BCUT2D eigenvalue weighted by molar-refractivity contribution is -0.119. The third kappa shape index (κ3) is 4.93. The highest BCUT2D eigenvalue weighted by molar-refractivity contribution is 7.13. The van der Waals surface area contributed by atoms with Gasteiger partial charge in [-0.2, -0.15) is 0 Å². The molecule has 1 heterocycles. The van der Waals surface area contributed by atoms with Crippen LogP contribution in [0.1, 0.15) is 39.3 Å². The average Bonchev–Trinajstić information content (AvgIpc) is 2.47. The molecule has 0 fully saturated rings. The first-order valence-corrected chi connectivity index (χ1v) is 5.96. The molecule has 15 heavy (non-hydrogen) atoms. The van der Waals surface area contributed by atoms with Crippen molar-refractivity contribution in [3.05, 3.63) is 11.1 Å².